The lowest BCUT2D eigenvalue weighted by atomic mass is 10.0. The number of amides is 1. The van der Waals surface area contributed by atoms with E-state index in [-0.39, 0.29) is 44.5 Å². The van der Waals surface area contributed by atoms with E-state index in [1.54, 1.807) is 22.7 Å². The molecule has 188 valence electrons. The molecule has 0 unspecified atom stereocenters. The lowest BCUT2D eigenvalue weighted by molar-refractivity contribution is -0.136. The lowest BCUT2D eigenvalue weighted by Gasteiger charge is -2.35. The molecule has 34 heavy (non-hydrogen) atoms. The SMILES string of the molecule is C[C@H]1CN([C@@H](C)CO)C(=O)CCCn2cc(nn2)CO[C@H]1CN(C)S(=O)(=O)c1ccccc1F. The summed E-state index contributed by atoms with van der Waals surface area (Å²) in [4.78, 5) is 14.1. The van der Waals surface area contributed by atoms with Crippen LogP contribution in [0.4, 0.5) is 4.39 Å². The fraction of sp³-hybridized carbons (Fsp3) is 0.591. The molecule has 1 N–H and O–H groups in total. The van der Waals surface area contributed by atoms with E-state index in [0.717, 1.165) is 10.4 Å². The Morgan fingerprint density at radius 1 is 1.35 bits per heavy atom. The normalized spacial score (nSPS) is 21.6. The summed E-state index contributed by atoms with van der Waals surface area (Å²) in [5.41, 5.74) is 0.586. The molecule has 1 amide bonds. The summed E-state index contributed by atoms with van der Waals surface area (Å²) in [7, 11) is -2.74. The van der Waals surface area contributed by atoms with Crippen molar-refractivity contribution in [2.24, 2.45) is 5.92 Å². The van der Waals surface area contributed by atoms with Gasteiger partial charge >= 0.3 is 0 Å². The van der Waals surface area contributed by atoms with Crippen molar-refractivity contribution in [3.63, 3.8) is 0 Å². The zero-order chi connectivity index (χ0) is 24.9. The fourth-order valence-electron chi connectivity index (χ4n) is 3.87. The standard InChI is InChI=1S/C22H32FN5O5S/c1-16-11-28(17(2)14-29)22(30)9-6-10-27-12-18(24-25-27)15-33-20(16)13-26(3)34(31,32)21-8-5-4-7-19(21)23/h4-5,7-8,12,16-17,20,29H,6,9-11,13-15H2,1-3H3/t16-,17-,20-/m0/s1. The monoisotopic (exact) mass is 497 g/mol. The number of benzene rings is 1. The van der Waals surface area contributed by atoms with E-state index in [9.17, 15) is 22.7 Å². The maximum Gasteiger partial charge on any atom is 0.245 e. The number of carbonyl (C=O) groups excluding carboxylic acids is 1. The first kappa shape index (κ1) is 26.2. The first-order valence-corrected chi connectivity index (χ1v) is 12.7. The number of carbonyl (C=O) groups is 1. The van der Waals surface area contributed by atoms with Crippen LogP contribution in [0.5, 0.6) is 0 Å². The topological polar surface area (TPSA) is 118 Å². The summed E-state index contributed by atoms with van der Waals surface area (Å²) in [6.45, 7) is 4.24. The molecule has 2 bridgehead atoms. The number of aliphatic hydroxyl groups is 1. The molecule has 1 aromatic heterocycles. The van der Waals surface area contributed by atoms with Gasteiger partial charge < -0.3 is 14.7 Å². The van der Waals surface area contributed by atoms with Gasteiger partial charge in [-0.2, -0.15) is 4.31 Å². The van der Waals surface area contributed by atoms with E-state index in [0.29, 0.717) is 18.7 Å². The molecule has 3 atom stereocenters. The van der Waals surface area contributed by atoms with Gasteiger partial charge in [-0.15, -0.1) is 5.10 Å². The van der Waals surface area contributed by atoms with Crippen molar-refractivity contribution in [1.82, 2.24) is 24.2 Å². The quantitative estimate of drug-likeness (QED) is 0.638. The molecule has 0 fully saturated rings. The van der Waals surface area contributed by atoms with Crippen molar-refractivity contribution >= 4 is 15.9 Å². The third-order valence-electron chi connectivity index (χ3n) is 6.01. The second kappa shape index (κ2) is 11.3. The van der Waals surface area contributed by atoms with Gasteiger partial charge in [-0.05, 0) is 25.5 Å². The molecule has 1 aliphatic rings. The van der Waals surface area contributed by atoms with Gasteiger partial charge in [0.15, 0.2) is 0 Å². The summed E-state index contributed by atoms with van der Waals surface area (Å²) in [5.74, 6) is -1.24. The van der Waals surface area contributed by atoms with Gasteiger partial charge in [0, 0.05) is 39.0 Å². The second-order valence-corrected chi connectivity index (χ2v) is 10.7. The van der Waals surface area contributed by atoms with Crippen molar-refractivity contribution in [3.8, 4) is 0 Å². The molecular formula is C22H32FN5O5S. The number of hydrogen-bond acceptors (Lipinski definition) is 7. The van der Waals surface area contributed by atoms with Gasteiger partial charge in [-0.3, -0.25) is 9.48 Å². The van der Waals surface area contributed by atoms with E-state index in [1.807, 2.05) is 6.92 Å². The van der Waals surface area contributed by atoms with Crippen LogP contribution in [0.25, 0.3) is 0 Å². The largest absolute Gasteiger partial charge is 0.394 e. The van der Waals surface area contributed by atoms with Gasteiger partial charge in [0.2, 0.25) is 15.9 Å². The van der Waals surface area contributed by atoms with E-state index in [4.69, 9.17) is 4.74 Å². The van der Waals surface area contributed by atoms with Gasteiger partial charge in [0.05, 0.1) is 31.6 Å². The average molecular weight is 498 g/mol. The number of hydrogen-bond donors (Lipinski definition) is 1. The van der Waals surface area contributed by atoms with Crippen molar-refractivity contribution in [1.29, 1.82) is 0 Å². The highest BCUT2D eigenvalue weighted by molar-refractivity contribution is 7.89. The molecule has 10 nitrogen and oxygen atoms in total. The minimum atomic E-state index is -4.11. The number of aromatic nitrogens is 3. The maximum absolute atomic E-state index is 14.2. The molecule has 0 spiro atoms. The summed E-state index contributed by atoms with van der Waals surface area (Å²) in [5, 5.41) is 17.8. The van der Waals surface area contributed by atoms with Crippen LogP contribution in [0.2, 0.25) is 0 Å². The second-order valence-electron chi connectivity index (χ2n) is 8.70. The number of fused-ring (bicyclic) bond motifs is 2. The predicted molar refractivity (Wildman–Crippen MR) is 121 cm³/mol. The number of aliphatic hydroxyl groups excluding tert-OH is 1. The molecule has 0 saturated carbocycles. The van der Waals surface area contributed by atoms with Gasteiger partial charge in [0.25, 0.3) is 0 Å². The Bertz CT molecular complexity index is 1080. The molecular weight excluding hydrogens is 465 g/mol. The van der Waals surface area contributed by atoms with Gasteiger partial charge in [0.1, 0.15) is 16.4 Å². The molecule has 0 saturated heterocycles. The number of aryl methyl sites for hydroxylation is 1. The Labute approximate surface area is 199 Å². The third-order valence-corrected chi connectivity index (χ3v) is 7.86. The predicted octanol–water partition coefficient (Wildman–Crippen LogP) is 1.26. The van der Waals surface area contributed by atoms with Crippen molar-refractivity contribution in [2.45, 2.75) is 56.9 Å². The van der Waals surface area contributed by atoms with E-state index < -0.39 is 32.9 Å². The highest BCUT2D eigenvalue weighted by Gasteiger charge is 2.32. The summed E-state index contributed by atoms with van der Waals surface area (Å²) < 4.78 is 49.1. The maximum atomic E-state index is 14.2. The first-order chi connectivity index (χ1) is 16.1. The smallest absolute Gasteiger partial charge is 0.245 e. The molecule has 1 aromatic carbocycles. The average Bonchev–Trinajstić information content (AvgIpc) is 3.26. The minimum Gasteiger partial charge on any atom is -0.394 e. The number of nitrogens with zero attached hydrogens (tertiary/aromatic N) is 5. The fourth-order valence-corrected chi connectivity index (χ4v) is 5.11. The summed E-state index contributed by atoms with van der Waals surface area (Å²) in [6, 6.07) is 4.80. The molecule has 2 aromatic rings. The van der Waals surface area contributed by atoms with Crippen LogP contribution in [0.1, 0.15) is 32.4 Å². The van der Waals surface area contributed by atoms with Crippen LogP contribution >= 0.6 is 0 Å². The Hall–Kier alpha value is -2.41. The molecule has 3 rings (SSSR count). The molecule has 0 aliphatic carbocycles. The number of likely N-dealkylation sites (N-methyl/N-ethyl adjacent to an activating group) is 1. The minimum absolute atomic E-state index is 0.0679. The first-order valence-electron chi connectivity index (χ1n) is 11.2. The number of halogens is 1. The van der Waals surface area contributed by atoms with Crippen LogP contribution < -0.4 is 0 Å². The summed E-state index contributed by atoms with van der Waals surface area (Å²) in [6.07, 6.45) is 1.94. The Kier molecular flexibility index (Phi) is 8.74. The molecule has 12 heteroatoms. The lowest BCUT2D eigenvalue weighted by Crippen LogP contribution is -2.47. The van der Waals surface area contributed by atoms with Crippen LogP contribution in [0.3, 0.4) is 0 Å². The van der Waals surface area contributed by atoms with Crippen LogP contribution in [0, 0.1) is 11.7 Å². The van der Waals surface area contributed by atoms with Crippen molar-refractivity contribution in [2.75, 3.05) is 26.7 Å². The van der Waals surface area contributed by atoms with E-state index in [2.05, 4.69) is 10.3 Å². The Morgan fingerprint density at radius 2 is 2.09 bits per heavy atom. The zero-order valence-electron chi connectivity index (χ0n) is 19.7. The number of ether oxygens (including phenoxy) is 1. The van der Waals surface area contributed by atoms with Crippen LogP contribution in [0.15, 0.2) is 35.4 Å². The molecule has 0 radical (unpaired) electrons. The van der Waals surface area contributed by atoms with E-state index in [1.165, 1.54) is 25.2 Å². The highest BCUT2D eigenvalue weighted by Crippen LogP contribution is 2.22. The Morgan fingerprint density at radius 3 is 2.79 bits per heavy atom. The van der Waals surface area contributed by atoms with E-state index >= 15 is 0 Å². The summed E-state index contributed by atoms with van der Waals surface area (Å²) >= 11 is 0. The van der Waals surface area contributed by atoms with Crippen LogP contribution in [-0.2, 0) is 32.7 Å². The number of rotatable bonds is 6. The molecule has 1 aliphatic heterocycles. The highest BCUT2D eigenvalue weighted by atomic mass is 32.2. The van der Waals surface area contributed by atoms with Crippen LogP contribution in [-0.4, -0.2) is 82.5 Å². The van der Waals surface area contributed by atoms with Crippen molar-refractivity contribution < 1.29 is 27.4 Å². The van der Waals surface area contributed by atoms with Gasteiger partial charge in [-0.1, -0.05) is 24.3 Å². The van der Waals surface area contributed by atoms with Gasteiger partial charge in [-0.25, -0.2) is 12.8 Å². The molecule has 2 heterocycles. The Balaban J connectivity index is 1.87. The number of sulfonamides is 1. The third kappa shape index (κ3) is 6.17. The zero-order valence-corrected chi connectivity index (χ0v) is 20.5. The van der Waals surface area contributed by atoms with Crippen molar-refractivity contribution in [3.05, 3.63) is 42.0 Å².